The largest absolute Gasteiger partial charge is 0.378 e. The van der Waals surface area contributed by atoms with E-state index in [9.17, 15) is 0 Å². The first-order valence-electron chi connectivity index (χ1n) is 7.59. The zero-order valence-electron chi connectivity index (χ0n) is 12.6. The second-order valence-corrected chi connectivity index (χ2v) is 6.58. The van der Waals surface area contributed by atoms with Gasteiger partial charge in [0, 0.05) is 17.8 Å². The molecular formula is C17H28N2. The fourth-order valence-corrected chi connectivity index (χ4v) is 3.27. The fraction of sp³-hybridized carbons (Fsp3) is 0.647. The van der Waals surface area contributed by atoms with E-state index in [4.69, 9.17) is 5.73 Å². The van der Waals surface area contributed by atoms with Crippen LogP contribution in [-0.2, 0) is 0 Å². The van der Waals surface area contributed by atoms with Crippen LogP contribution in [0.2, 0.25) is 0 Å². The number of aryl methyl sites for hydroxylation is 1. The van der Waals surface area contributed by atoms with E-state index in [2.05, 4.69) is 50.4 Å². The molecule has 0 heterocycles. The number of anilines is 1. The Balaban J connectivity index is 2.11. The van der Waals surface area contributed by atoms with Gasteiger partial charge in [0.1, 0.15) is 0 Å². The Morgan fingerprint density at radius 2 is 2.00 bits per heavy atom. The summed E-state index contributed by atoms with van der Waals surface area (Å²) >= 11 is 0. The van der Waals surface area contributed by atoms with Crippen LogP contribution in [0.3, 0.4) is 0 Å². The van der Waals surface area contributed by atoms with Crippen LogP contribution >= 0.6 is 0 Å². The number of benzene rings is 1. The van der Waals surface area contributed by atoms with Crippen LogP contribution in [0.5, 0.6) is 0 Å². The van der Waals surface area contributed by atoms with Crippen molar-refractivity contribution in [3.8, 4) is 0 Å². The Hall–Kier alpha value is -1.02. The minimum atomic E-state index is 0.0996. The third kappa shape index (κ3) is 3.50. The van der Waals surface area contributed by atoms with Gasteiger partial charge in [0.15, 0.2) is 0 Å². The molecule has 0 aromatic heterocycles. The van der Waals surface area contributed by atoms with E-state index in [1.165, 1.54) is 36.9 Å². The molecule has 2 nitrogen and oxygen atoms in total. The highest BCUT2D eigenvalue weighted by molar-refractivity contribution is 5.47. The van der Waals surface area contributed by atoms with Crippen molar-refractivity contribution in [3.63, 3.8) is 0 Å². The summed E-state index contributed by atoms with van der Waals surface area (Å²) in [7, 11) is 0. The van der Waals surface area contributed by atoms with Crippen LogP contribution in [-0.4, -0.2) is 12.1 Å². The molecule has 0 saturated heterocycles. The second-order valence-electron chi connectivity index (χ2n) is 6.58. The summed E-state index contributed by atoms with van der Waals surface area (Å²) in [5.41, 5.74) is 8.73. The van der Waals surface area contributed by atoms with E-state index < -0.39 is 0 Å². The van der Waals surface area contributed by atoms with Gasteiger partial charge in [-0.2, -0.15) is 0 Å². The smallest absolute Gasteiger partial charge is 0.0498 e. The molecule has 1 aromatic carbocycles. The molecule has 0 amide bonds. The molecule has 2 atom stereocenters. The third-order valence-corrected chi connectivity index (χ3v) is 4.68. The lowest BCUT2D eigenvalue weighted by Crippen LogP contribution is -2.49. The van der Waals surface area contributed by atoms with Crippen molar-refractivity contribution in [2.24, 2.45) is 17.6 Å². The lowest BCUT2D eigenvalue weighted by atomic mass is 9.71. The predicted octanol–water partition coefficient (Wildman–Crippen LogP) is 3.95. The Labute approximate surface area is 117 Å². The highest BCUT2D eigenvalue weighted by Crippen LogP contribution is 2.38. The molecule has 1 aromatic rings. The van der Waals surface area contributed by atoms with Crippen LogP contribution in [0.15, 0.2) is 24.3 Å². The number of nitrogens with one attached hydrogen (secondary N) is 1. The monoisotopic (exact) mass is 260 g/mol. The zero-order valence-corrected chi connectivity index (χ0v) is 12.6. The van der Waals surface area contributed by atoms with E-state index in [1.807, 2.05) is 0 Å². The summed E-state index contributed by atoms with van der Waals surface area (Å²) in [5.74, 6) is 1.56. The zero-order chi connectivity index (χ0) is 13.9. The van der Waals surface area contributed by atoms with Gasteiger partial charge in [-0.25, -0.2) is 0 Å². The van der Waals surface area contributed by atoms with E-state index in [-0.39, 0.29) is 5.54 Å². The Morgan fingerprint density at radius 1 is 1.32 bits per heavy atom. The predicted molar refractivity (Wildman–Crippen MR) is 83.4 cm³/mol. The first-order chi connectivity index (χ1) is 9.04. The number of nitrogens with two attached hydrogens (primary N) is 1. The summed E-state index contributed by atoms with van der Waals surface area (Å²) in [5, 5.41) is 3.73. The maximum atomic E-state index is 6.12. The lowest BCUT2D eigenvalue weighted by Gasteiger charge is -2.43. The number of hydrogen-bond acceptors (Lipinski definition) is 2. The highest BCUT2D eigenvalue weighted by Gasteiger charge is 2.36. The van der Waals surface area contributed by atoms with Gasteiger partial charge in [0.05, 0.1) is 0 Å². The van der Waals surface area contributed by atoms with Crippen molar-refractivity contribution in [1.29, 1.82) is 0 Å². The number of hydrogen-bond donors (Lipinski definition) is 2. The molecule has 0 aliphatic heterocycles. The normalized spacial score (nSPS) is 27.5. The van der Waals surface area contributed by atoms with E-state index in [0.717, 1.165) is 18.4 Å². The van der Waals surface area contributed by atoms with Crippen molar-refractivity contribution < 1.29 is 0 Å². The standard InChI is InChI=1S/C17H28N2/c1-13(2)15-5-4-10-17(11-15,12-18)19-16-8-6-14(3)7-9-16/h6-9,13,15,19H,4-5,10-12,18H2,1-3H3. The van der Waals surface area contributed by atoms with Crippen molar-refractivity contribution in [1.82, 2.24) is 0 Å². The summed E-state index contributed by atoms with van der Waals surface area (Å²) in [4.78, 5) is 0. The van der Waals surface area contributed by atoms with E-state index >= 15 is 0 Å². The Morgan fingerprint density at radius 3 is 2.58 bits per heavy atom. The highest BCUT2D eigenvalue weighted by atomic mass is 15.0. The Kier molecular flexibility index (Phi) is 4.51. The fourth-order valence-electron chi connectivity index (χ4n) is 3.27. The van der Waals surface area contributed by atoms with Crippen LogP contribution in [0.1, 0.15) is 45.1 Å². The summed E-state index contributed by atoms with van der Waals surface area (Å²) in [6.07, 6.45) is 5.05. The third-order valence-electron chi connectivity index (χ3n) is 4.68. The summed E-state index contributed by atoms with van der Waals surface area (Å²) in [6.45, 7) is 7.52. The summed E-state index contributed by atoms with van der Waals surface area (Å²) in [6, 6.07) is 8.67. The minimum absolute atomic E-state index is 0.0996. The topological polar surface area (TPSA) is 38.0 Å². The average Bonchev–Trinajstić information content (AvgIpc) is 2.42. The van der Waals surface area contributed by atoms with Crippen LogP contribution in [0, 0.1) is 18.8 Å². The minimum Gasteiger partial charge on any atom is -0.378 e. The Bertz CT molecular complexity index is 396. The quantitative estimate of drug-likeness (QED) is 0.860. The molecule has 1 aliphatic carbocycles. The molecule has 1 saturated carbocycles. The molecule has 106 valence electrons. The maximum Gasteiger partial charge on any atom is 0.0498 e. The second kappa shape index (κ2) is 5.96. The van der Waals surface area contributed by atoms with E-state index in [1.54, 1.807) is 0 Å². The van der Waals surface area contributed by atoms with Gasteiger partial charge in [-0.1, -0.05) is 44.4 Å². The molecule has 0 bridgehead atoms. The van der Waals surface area contributed by atoms with Gasteiger partial charge in [0.25, 0.3) is 0 Å². The average molecular weight is 260 g/mol. The van der Waals surface area contributed by atoms with Gasteiger partial charge in [0.2, 0.25) is 0 Å². The SMILES string of the molecule is Cc1ccc(NC2(CN)CCCC(C(C)C)C2)cc1. The molecule has 1 aliphatic rings. The molecule has 19 heavy (non-hydrogen) atoms. The van der Waals surface area contributed by atoms with Gasteiger partial charge >= 0.3 is 0 Å². The molecule has 0 spiro atoms. The van der Waals surface area contributed by atoms with Crippen LogP contribution in [0.4, 0.5) is 5.69 Å². The van der Waals surface area contributed by atoms with E-state index in [0.29, 0.717) is 0 Å². The van der Waals surface area contributed by atoms with Crippen molar-refractivity contribution in [2.45, 2.75) is 52.0 Å². The first kappa shape index (κ1) is 14.4. The number of rotatable bonds is 4. The summed E-state index contributed by atoms with van der Waals surface area (Å²) < 4.78 is 0. The van der Waals surface area contributed by atoms with Gasteiger partial charge in [-0.3, -0.25) is 0 Å². The van der Waals surface area contributed by atoms with Crippen molar-refractivity contribution in [3.05, 3.63) is 29.8 Å². The molecule has 0 radical (unpaired) electrons. The lowest BCUT2D eigenvalue weighted by molar-refractivity contribution is 0.203. The first-order valence-corrected chi connectivity index (χ1v) is 7.59. The van der Waals surface area contributed by atoms with Crippen molar-refractivity contribution in [2.75, 3.05) is 11.9 Å². The van der Waals surface area contributed by atoms with Crippen LogP contribution in [0.25, 0.3) is 0 Å². The molecule has 2 unspecified atom stereocenters. The molecule has 2 heteroatoms. The van der Waals surface area contributed by atoms with Gasteiger partial charge in [-0.15, -0.1) is 0 Å². The van der Waals surface area contributed by atoms with Gasteiger partial charge < -0.3 is 11.1 Å². The maximum absolute atomic E-state index is 6.12. The molecular weight excluding hydrogens is 232 g/mol. The van der Waals surface area contributed by atoms with Crippen molar-refractivity contribution >= 4 is 5.69 Å². The molecule has 2 rings (SSSR count). The van der Waals surface area contributed by atoms with Gasteiger partial charge in [-0.05, 0) is 43.7 Å². The molecule has 3 N–H and O–H groups in total. The van der Waals surface area contributed by atoms with Crippen LogP contribution < -0.4 is 11.1 Å². The molecule has 1 fully saturated rings.